The Hall–Kier alpha value is -5.18. The average Bonchev–Trinajstić information content (AvgIpc) is 3.94. The van der Waals surface area contributed by atoms with Gasteiger partial charge in [0.15, 0.2) is 0 Å². The van der Waals surface area contributed by atoms with Gasteiger partial charge in [-0.3, -0.25) is 4.79 Å². The second-order valence-electron chi connectivity index (χ2n) is 13.0. The van der Waals surface area contributed by atoms with Crippen molar-refractivity contribution in [2.45, 2.75) is 56.1 Å². The predicted molar refractivity (Wildman–Crippen MR) is 186 cm³/mol. The molecule has 0 bridgehead atoms. The zero-order valence-electron chi connectivity index (χ0n) is 27.0. The number of nitrogens with one attached hydrogen (secondary N) is 4. The van der Waals surface area contributed by atoms with Crippen molar-refractivity contribution in [2.75, 3.05) is 13.7 Å². The average molecular weight is 677 g/mol. The number of benzene rings is 2. The lowest BCUT2D eigenvalue weighted by Crippen LogP contribution is -2.44. The lowest BCUT2D eigenvalue weighted by Gasteiger charge is -2.31. The van der Waals surface area contributed by atoms with Crippen LogP contribution in [0, 0.1) is 17.2 Å². The molecular weight excluding hydrogens is 640 g/mol. The topological polar surface area (TPSA) is 154 Å². The summed E-state index contributed by atoms with van der Waals surface area (Å²) in [7, 11) is 1.34. The fourth-order valence-corrected chi connectivity index (χ4v) is 7.62. The van der Waals surface area contributed by atoms with Gasteiger partial charge in [0.2, 0.25) is 0 Å². The molecule has 2 aromatic carbocycles. The first-order valence-electron chi connectivity index (χ1n) is 16.5. The van der Waals surface area contributed by atoms with Gasteiger partial charge in [0.05, 0.1) is 54.8 Å². The van der Waals surface area contributed by atoms with Crippen molar-refractivity contribution in [3.05, 3.63) is 96.1 Å². The Kier molecular flexibility index (Phi) is 8.84. The van der Waals surface area contributed by atoms with Crippen molar-refractivity contribution >= 4 is 24.3 Å². The van der Waals surface area contributed by atoms with Crippen LogP contribution >= 0.6 is 12.4 Å². The molecule has 2 aliphatic heterocycles. The summed E-state index contributed by atoms with van der Waals surface area (Å²) in [6.45, 7) is 1.34. The van der Waals surface area contributed by atoms with E-state index in [1.54, 1.807) is 0 Å². The van der Waals surface area contributed by atoms with Crippen LogP contribution in [0.5, 0.6) is 0 Å². The quantitative estimate of drug-likeness (QED) is 0.171. The molecule has 1 aliphatic carbocycles. The van der Waals surface area contributed by atoms with Gasteiger partial charge in [0.25, 0.3) is 0 Å². The number of carbonyl (C=O) groups excluding carboxylic acids is 2. The van der Waals surface area contributed by atoms with Gasteiger partial charge in [-0.15, -0.1) is 12.4 Å². The minimum atomic E-state index is -0.509. The van der Waals surface area contributed by atoms with Crippen molar-refractivity contribution in [2.24, 2.45) is 5.92 Å². The Morgan fingerprint density at radius 2 is 1.59 bits per heavy atom. The molecule has 1 saturated heterocycles. The number of hydrogen-bond acceptors (Lipinski definition) is 7. The number of halogens is 1. The fourth-order valence-electron chi connectivity index (χ4n) is 7.62. The van der Waals surface area contributed by atoms with Crippen molar-refractivity contribution < 1.29 is 14.3 Å². The van der Waals surface area contributed by atoms with E-state index in [2.05, 4.69) is 97.0 Å². The van der Waals surface area contributed by atoms with E-state index in [0.29, 0.717) is 25.9 Å². The SMILES string of the molecule is COC(=O)N[C@H]1CCc2ccn3c2C1C(=O)C[C@H](c1ncc(-c2ccc(-c4ccc(-c5cnc([C@@H]6C[C@H](C#N)CN6)[nH]5)cc4)cc2)[nH]1)C3.Cl. The van der Waals surface area contributed by atoms with Crippen molar-refractivity contribution in [3.8, 4) is 39.7 Å². The molecule has 12 heteroatoms. The number of rotatable bonds is 6. The van der Waals surface area contributed by atoms with E-state index in [1.165, 1.54) is 12.7 Å². The molecule has 5 aromatic rings. The maximum absolute atomic E-state index is 13.7. The van der Waals surface area contributed by atoms with E-state index in [0.717, 1.165) is 63.8 Å². The molecule has 8 rings (SSSR count). The van der Waals surface area contributed by atoms with Crippen LogP contribution in [0.2, 0.25) is 0 Å². The second-order valence-corrected chi connectivity index (χ2v) is 13.0. The van der Waals surface area contributed by atoms with Crippen LogP contribution in [0.25, 0.3) is 33.6 Å². The Balaban J connectivity index is 0.00000378. The molecule has 5 heterocycles. The van der Waals surface area contributed by atoms with Gasteiger partial charge in [0.1, 0.15) is 17.4 Å². The van der Waals surface area contributed by atoms with E-state index in [9.17, 15) is 14.9 Å². The molecule has 3 aliphatic rings. The number of ketones is 1. The molecular formula is C37H37ClN8O3. The third-order valence-corrected chi connectivity index (χ3v) is 10.2. The third-order valence-electron chi connectivity index (χ3n) is 10.2. The van der Waals surface area contributed by atoms with E-state index in [-0.39, 0.29) is 42.1 Å². The summed E-state index contributed by atoms with van der Waals surface area (Å²) in [6, 6.07) is 21.0. The van der Waals surface area contributed by atoms with Crippen molar-refractivity contribution in [1.29, 1.82) is 5.26 Å². The summed E-state index contributed by atoms with van der Waals surface area (Å²) >= 11 is 0. The number of Topliss-reactive ketones (excluding diaryl/α,β-unsaturated/α-hetero) is 1. The van der Waals surface area contributed by atoms with Gasteiger partial charge in [-0.05, 0) is 53.1 Å². The number of imidazole rings is 2. The van der Waals surface area contributed by atoms with Crippen LogP contribution in [0.15, 0.2) is 73.2 Å². The number of aromatic amines is 2. The molecule has 11 nitrogen and oxygen atoms in total. The molecule has 0 spiro atoms. The summed E-state index contributed by atoms with van der Waals surface area (Å²) in [6.07, 6.45) is 7.87. The minimum Gasteiger partial charge on any atom is -0.453 e. The van der Waals surface area contributed by atoms with Gasteiger partial charge in [-0.2, -0.15) is 5.26 Å². The van der Waals surface area contributed by atoms with Crippen LogP contribution < -0.4 is 10.6 Å². The number of H-pyrrole nitrogens is 2. The van der Waals surface area contributed by atoms with Crippen molar-refractivity contribution in [3.63, 3.8) is 0 Å². The molecule has 4 N–H and O–H groups in total. The van der Waals surface area contributed by atoms with Crippen LogP contribution in [0.1, 0.15) is 60.0 Å². The Bertz CT molecular complexity index is 2020. The number of nitrogens with zero attached hydrogens (tertiary/aromatic N) is 4. The second kappa shape index (κ2) is 13.4. The number of ether oxygens (including phenoxy) is 1. The molecule has 0 radical (unpaired) electrons. The van der Waals surface area contributed by atoms with Gasteiger partial charge in [-0.1, -0.05) is 48.5 Å². The van der Waals surface area contributed by atoms with E-state index < -0.39 is 12.0 Å². The third kappa shape index (κ3) is 6.14. The lowest BCUT2D eigenvalue weighted by atomic mass is 9.79. The highest BCUT2D eigenvalue weighted by molar-refractivity contribution is 5.88. The van der Waals surface area contributed by atoms with Crippen LogP contribution in [0.3, 0.4) is 0 Å². The zero-order valence-corrected chi connectivity index (χ0v) is 27.8. The number of alkyl carbamates (subject to hydrolysis) is 1. The molecule has 1 unspecified atom stereocenters. The highest BCUT2D eigenvalue weighted by Gasteiger charge is 2.41. The number of aryl methyl sites for hydroxylation is 1. The maximum atomic E-state index is 13.7. The molecule has 1 fully saturated rings. The van der Waals surface area contributed by atoms with Gasteiger partial charge < -0.3 is 29.9 Å². The number of nitriles is 1. The first kappa shape index (κ1) is 32.4. The predicted octanol–water partition coefficient (Wildman–Crippen LogP) is 6.04. The summed E-state index contributed by atoms with van der Waals surface area (Å²) in [4.78, 5) is 42.0. The van der Waals surface area contributed by atoms with E-state index in [4.69, 9.17) is 9.72 Å². The number of hydrogen-bond donors (Lipinski definition) is 4. The number of amides is 1. The Morgan fingerprint density at radius 3 is 2.22 bits per heavy atom. The molecule has 5 atom stereocenters. The lowest BCUT2D eigenvalue weighted by molar-refractivity contribution is -0.121. The van der Waals surface area contributed by atoms with Crippen molar-refractivity contribution in [1.82, 2.24) is 35.1 Å². The molecule has 3 aromatic heterocycles. The fraction of sp³-hybridized carbons (Fsp3) is 0.324. The van der Waals surface area contributed by atoms with Gasteiger partial charge in [0, 0.05) is 43.4 Å². The maximum Gasteiger partial charge on any atom is 0.407 e. The monoisotopic (exact) mass is 676 g/mol. The largest absolute Gasteiger partial charge is 0.453 e. The van der Waals surface area contributed by atoms with Crippen LogP contribution in [-0.4, -0.2) is 56.1 Å². The highest BCUT2D eigenvalue weighted by atomic mass is 35.5. The smallest absolute Gasteiger partial charge is 0.407 e. The summed E-state index contributed by atoms with van der Waals surface area (Å²) in [5.41, 5.74) is 8.31. The Morgan fingerprint density at radius 1 is 0.959 bits per heavy atom. The van der Waals surface area contributed by atoms with Crippen LogP contribution in [0.4, 0.5) is 4.79 Å². The summed E-state index contributed by atoms with van der Waals surface area (Å²) in [5.74, 6) is 1.29. The van der Waals surface area contributed by atoms with E-state index in [1.807, 2.05) is 12.4 Å². The van der Waals surface area contributed by atoms with Crippen LogP contribution in [-0.2, 0) is 22.5 Å². The first-order valence-corrected chi connectivity index (χ1v) is 16.5. The summed E-state index contributed by atoms with van der Waals surface area (Å²) < 4.78 is 7.02. The first-order chi connectivity index (χ1) is 23.5. The number of aromatic nitrogens is 5. The van der Waals surface area contributed by atoms with Gasteiger partial charge in [-0.25, -0.2) is 14.8 Å². The van der Waals surface area contributed by atoms with E-state index >= 15 is 0 Å². The Labute approximate surface area is 289 Å². The normalized spacial score (nSPS) is 22.8. The molecule has 1 amide bonds. The molecule has 49 heavy (non-hydrogen) atoms. The van der Waals surface area contributed by atoms with Gasteiger partial charge >= 0.3 is 6.09 Å². The summed E-state index contributed by atoms with van der Waals surface area (Å²) in [5, 5.41) is 15.5. The standard InChI is InChI=1S/C37H36N8O3.ClH/c1-48-37(47)44-28-11-10-26-12-13-45-20-27(15-32(46)33(28)34(26)45)35-40-18-30(42-35)24-6-2-22(3-7-24)23-4-8-25(9-5-23)31-19-41-36(43-31)29-14-21(16-38)17-39-29;/h2-9,12-13,18-19,21,27-29,33,39H,10-11,14-15,17,20H2,1H3,(H,40,42)(H,41,43)(H,44,47);1H/t21-,27+,28+,29+,33?;/m1./s1. The molecule has 0 saturated carbocycles. The zero-order chi connectivity index (χ0) is 32.8. The number of carbonyl (C=O) groups is 2. The highest BCUT2D eigenvalue weighted by Crippen LogP contribution is 2.40. The number of methoxy groups -OCH3 is 1. The molecule has 250 valence electrons. The minimum absolute atomic E-state index is 0.